The quantitative estimate of drug-likeness (QED) is 0.902. The van der Waals surface area contributed by atoms with E-state index in [9.17, 15) is 8.42 Å². The van der Waals surface area contributed by atoms with Crippen LogP contribution in [0.5, 0.6) is 0 Å². The number of nitrogens with one attached hydrogen (secondary N) is 1. The average Bonchev–Trinajstić information content (AvgIpc) is 2.29. The van der Waals surface area contributed by atoms with Gasteiger partial charge in [0.15, 0.2) is 0 Å². The first-order valence-corrected chi connectivity index (χ1v) is 7.37. The van der Waals surface area contributed by atoms with Gasteiger partial charge in [-0.1, -0.05) is 23.2 Å². The maximum atomic E-state index is 12.3. The van der Waals surface area contributed by atoms with Gasteiger partial charge in [-0.15, -0.1) is 12.4 Å². The lowest BCUT2D eigenvalue weighted by molar-refractivity contribution is 0.360. The summed E-state index contributed by atoms with van der Waals surface area (Å²) in [6.45, 7) is 2.23. The highest BCUT2D eigenvalue weighted by Gasteiger charge is 2.27. The third-order valence-electron chi connectivity index (χ3n) is 2.59. The van der Waals surface area contributed by atoms with Gasteiger partial charge in [0.05, 0.1) is 5.02 Å². The van der Waals surface area contributed by atoms with Crippen molar-refractivity contribution < 1.29 is 8.42 Å². The first-order valence-electron chi connectivity index (χ1n) is 5.18. The Hall–Kier alpha value is -0.0400. The molecule has 1 heterocycles. The van der Waals surface area contributed by atoms with E-state index in [4.69, 9.17) is 23.2 Å². The molecule has 1 saturated heterocycles. The Morgan fingerprint density at radius 3 is 2.33 bits per heavy atom. The normalized spacial score (nSPS) is 17.2. The number of halogens is 3. The Morgan fingerprint density at radius 2 is 1.78 bits per heavy atom. The summed E-state index contributed by atoms with van der Waals surface area (Å²) < 4.78 is 26.0. The summed E-state index contributed by atoms with van der Waals surface area (Å²) in [6, 6.07) is 4.42. The fourth-order valence-electron chi connectivity index (χ4n) is 1.71. The van der Waals surface area contributed by atoms with Crippen LogP contribution in [-0.4, -0.2) is 38.9 Å². The summed E-state index contributed by atoms with van der Waals surface area (Å²) in [4.78, 5) is 0.116. The van der Waals surface area contributed by atoms with Crippen LogP contribution >= 0.6 is 35.6 Å². The molecule has 0 saturated carbocycles. The van der Waals surface area contributed by atoms with Crippen molar-refractivity contribution in [2.24, 2.45) is 0 Å². The minimum Gasteiger partial charge on any atom is -0.314 e. The average molecular weight is 332 g/mol. The lowest BCUT2D eigenvalue weighted by Crippen LogP contribution is -2.46. The van der Waals surface area contributed by atoms with Crippen LogP contribution < -0.4 is 5.32 Å². The van der Waals surface area contributed by atoms with E-state index in [0.29, 0.717) is 31.2 Å². The van der Waals surface area contributed by atoms with Gasteiger partial charge in [0.25, 0.3) is 0 Å². The highest BCUT2D eigenvalue weighted by molar-refractivity contribution is 7.89. The molecule has 0 aromatic heterocycles. The van der Waals surface area contributed by atoms with E-state index >= 15 is 0 Å². The van der Waals surface area contributed by atoms with E-state index in [1.807, 2.05) is 0 Å². The molecule has 102 valence electrons. The zero-order valence-corrected chi connectivity index (χ0v) is 12.5. The van der Waals surface area contributed by atoms with Crippen molar-refractivity contribution in [2.75, 3.05) is 26.2 Å². The molecule has 8 heteroatoms. The smallest absolute Gasteiger partial charge is 0.244 e. The summed E-state index contributed by atoms with van der Waals surface area (Å²) >= 11 is 11.7. The number of hydrogen-bond donors (Lipinski definition) is 1. The van der Waals surface area contributed by atoms with Crippen molar-refractivity contribution in [3.05, 3.63) is 28.2 Å². The zero-order valence-electron chi connectivity index (χ0n) is 9.40. The molecule has 0 bridgehead atoms. The van der Waals surface area contributed by atoms with E-state index in [2.05, 4.69) is 5.32 Å². The molecular formula is C10H13Cl3N2O2S. The second-order valence-corrected chi connectivity index (χ2v) is 6.48. The summed E-state index contributed by atoms with van der Waals surface area (Å²) in [5.74, 6) is 0. The second kappa shape index (κ2) is 6.41. The van der Waals surface area contributed by atoms with Gasteiger partial charge in [-0.05, 0) is 18.2 Å². The molecule has 1 aromatic rings. The SMILES string of the molecule is Cl.O=S(=O)(c1ccc(Cl)cc1Cl)N1CCNCC1. The lowest BCUT2D eigenvalue weighted by Gasteiger charge is -2.26. The summed E-state index contributed by atoms with van der Waals surface area (Å²) in [5, 5.41) is 3.69. The van der Waals surface area contributed by atoms with Gasteiger partial charge in [0.2, 0.25) is 10.0 Å². The van der Waals surface area contributed by atoms with Crippen LogP contribution in [0, 0.1) is 0 Å². The molecule has 0 unspecified atom stereocenters. The number of piperazine rings is 1. The first kappa shape index (κ1) is 16.0. The second-order valence-electron chi connectivity index (χ2n) is 3.73. The fraction of sp³-hybridized carbons (Fsp3) is 0.400. The minimum absolute atomic E-state index is 0. The first-order chi connectivity index (χ1) is 8.01. The van der Waals surface area contributed by atoms with Crippen molar-refractivity contribution in [1.82, 2.24) is 9.62 Å². The maximum absolute atomic E-state index is 12.3. The zero-order chi connectivity index (χ0) is 12.5. The van der Waals surface area contributed by atoms with Gasteiger partial charge in [-0.2, -0.15) is 4.31 Å². The predicted octanol–water partition coefficient (Wildman–Crippen LogP) is 2.01. The van der Waals surface area contributed by atoms with E-state index in [1.165, 1.54) is 22.5 Å². The topological polar surface area (TPSA) is 49.4 Å². The highest BCUT2D eigenvalue weighted by atomic mass is 35.5. The van der Waals surface area contributed by atoms with Crippen LogP contribution in [0.1, 0.15) is 0 Å². The molecule has 0 radical (unpaired) electrons. The summed E-state index contributed by atoms with van der Waals surface area (Å²) in [5.41, 5.74) is 0. The van der Waals surface area contributed by atoms with Gasteiger partial charge in [-0.25, -0.2) is 8.42 Å². The minimum atomic E-state index is -3.51. The van der Waals surface area contributed by atoms with Crippen LogP contribution in [0.4, 0.5) is 0 Å². The highest BCUT2D eigenvalue weighted by Crippen LogP contribution is 2.27. The van der Waals surface area contributed by atoms with E-state index in [-0.39, 0.29) is 22.3 Å². The Morgan fingerprint density at radius 1 is 1.17 bits per heavy atom. The fourth-order valence-corrected chi connectivity index (χ4v) is 3.90. The van der Waals surface area contributed by atoms with Gasteiger partial charge < -0.3 is 5.32 Å². The van der Waals surface area contributed by atoms with E-state index < -0.39 is 10.0 Å². The van der Waals surface area contributed by atoms with Crippen molar-refractivity contribution >= 4 is 45.6 Å². The van der Waals surface area contributed by atoms with Gasteiger partial charge in [0, 0.05) is 31.2 Å². The van der Waals surface area contributed by atoms with Crippen molar-refractivity contribution in [2.45, 2.75) is 4.90 Å². The molecule has 1 fully saturated rings. The molecule has 1 aliphatic rings. The Labute approximate surface area is 123 Å². The van der Waals surface area contributed by atoms with Crippen molar-refractivity contribution in [3.8, 4) is 0 Å². The third kappa shape index (κ3) is 3.29. The summed E-state index contributed by atoms with van der Waals surface area (Å²) in [7, 11) is -3.51. The van der Waals surface area contributed by atoms with Gasteiger partial charge in [0.1, 0.15) is 4.90 Å². The summed E-state index contributed by atoms with van der Waals surface area (Å²) in [6.07, 6.45) is 0. The molecule has 18 heavy (non-hydrogen) atoms. The molecule has 4 nitrogen and oxygen atoms in total. The number of sulfonamides is 1. The molecule has 0 spiro atoms. The van der Waals surface area contributed by atoms with Gasteiger partial charge in [-0.3, -0.25) is 0 Å². The monoisotopic (exact) mass is 330 g/mol. The molecular weight excluding hydrogens is 319 g/mol. The van der Waals surface area contributed by atoms with Crippen LogP contribution in [0.3, 0.4) is 0 Å². The molecule has 1 aromatic carbocycles. The molecule has 1 aliphatic heterocycles. The number of benzene rings is 1. The van der Waals surface area contributed by atoms with Crippen LogP contribution in [-0.2, 0) is 10.0 Å². The number of hydrogen-bond acceptors (Lipinski definition) is 3. The lowest BCUT2D eigenvalue weighted by atomic mass is 10.4. The third-order valence-corrected chi connectivity index (χ3v) is 5.20. The van der Waals surface area contributed by atoms with Crippen LogP contribution in [0.25, 0.3) is 0 Å². The van der Waals surface area contributed by atoms with Crippen molar-refractivity contribution in [3.63, 3.8) is 0 Å². The number of rotatable bonds is 2. The van der Waals surface area contributed by atoms with Gasteiger partial charge >= 0.3 is 0 Å². The van der Waals surface area contributed by atoms with E-state index in [1.54, 1.807) is 0 Å². The van der Waals surface area contributed by atoms with Crippen LogP contribution in [0.15, 0.2) is 23.1 Å². The molecule has 2 rings (SSSR count). The Kier molecular flexibility index (Phi) is 5.70. The largest absolute Gasteiger partial charge is 0.314 e. The predicted molar refractivity (Wildman–Crippen MR) is 75.3 cm³/mol. The maximum Gasteiger partial charge on any atom is 0.244 e. The number of nitrogens with zero attached hydrogens (tertiary/aromatic N) is 1. The molecule has 0 aliphatic carbocycles. The molecule has 0 amide bonds. The van der Waals surface area contributed by atoms with Crippen LogP contribution in [0.2, 0.25) is 10.0 Å². The standard InChI is InChI=1S/C10H12Cl2N2O2S.ClH/c11-8-1-2-10(9(12)7-8)17(15,16)14-5-3-13-4-6-14;/h1-2,7,13H,3-6H2;1H. The Balaban J connectivity index is 0.00000162. The van der Waals surface area contributed by atoms with Crippen molar-refractivity contribution in [1.29, 1.82) is 0 Å². The Bertz CT molecular complexity index is 516. The molecule has 0 atom stereocenters. The van der Waals surface area contributed by atoms with E-state index in [0.717, 1.165) is 0 Å². The molecule has 1 N–H and O–H groups in total.